The molecule has 0 bridgehead atoms. The highest BCUT2D eigenvalue weighted by Gasteiger charge is 2.66. The molecule has 3 heterocycles. The summed E-state index contributed by atoms with van der Waals surface area (Å²) in [5.41, 5.74) is 4.05. The highest BCUT2D eigenvalue weighted by molar-refractivity contribution is 6.91. The Morgan fingerprint density at radius 1 is 1.06 bits per heavy atom. The third-order valence-corrected chi connectivity index (χ3v) is 14.7. The Bertz CT molecular complexity index is 1640. The molecule has 1 aromatic heterocycles. The van der Waals surface area contributed by atoms with Gasteiger partial charge in [-0.2, -0.15) is 0 Å². The molecule has 4 atom stereocenters. The number of carbonyl (C=O) groups is 1. The van der Waals surface area contributed by atoms with Crippen LogP contribution in [-0.4, -0.2) is 67.6 Å². The lowest BCUT2D eigenvalue weighted by atomic mass is 9.82. The Labute approximate surface area is 286 Å². The largest absolute Gasteiger partial charge is 0.497 e. The molecule has 1 amide bonds. The fourth-order valence-corrected chi connectivity index (χ4v) is 11.8. The second-order valence-electron chi connectivity index (χ2n) is 14.1. The Balaban J connectivity index is 1.54. The molecule has 1 spiro atoms. The highest BCUT2D eigenvalue weighted by Crippen LogP contribution is 2.60. The van der Waals surface area contributed by atoms with Crippen molar-refractivity contribution in [1.82, 2.24) is 15.0 Å². The molecule has 2 aromatic carbocycles. The van der Waals surface area contributed by atoms with E-state index in [4.69, 9.17) is 14.2 Å². The van der Waals surface area contributed by atoms with Crippen molar-refractivity contribution in [3.63, 3.8) is 0 Å². The Hall–Kier alpha value is -3.73. The molecule has 1 saturated heterocycles. The van der Waals surface area contributed by atoms with Gasteiger partial charge in [-0.3, -0.25) is 9.48 Å². The summed E-state index contributed by atoms with van der Waals surface area (Å²) in [6.45, 7) is 14.5. The van der Waals surface area contributed by atoms with E-state index in [1.165, 1.54) is 16.3 Å². The Kier molecular flexibility index (Phi) is 11.0. The molecule has 0 unspecified atom stereocenters. The minimum Gasteiger partial charge on any atom is -0.497 e. The van der Waals surface area contributed by atoms with E-state index in [1.807, 2.05) is 46.1 Å². The first kappa shape index (κ1) is 35.6. The molecule has 1 fully saturated rings. The van der Waals surface area contributed by atoms with Crippen LogP contribution in [0.25, 0.3) is 0 Å². The second-order valence-corrected chi connectivity index (χ2v) is 18.7. The summed E-state index contributed by atoms with van der Waals surface area (Å²) >= 11 is 0. The number of aryl methyl sites for hydroxylation is 1. The van der Waals surface area contributed by atoms with Crippen LogP contribution in [0.1, 0.15) is 58.2 Å². The number of nitrogens with zero attached hydrogens (tertiary/aromatic N) is 4. The summed E-state index contributed by atoms with van der Waals surface area (Å²) in [5, 5.41) is 19.2. The first-order valence-corrected chi connectivity index (χ1v) is 20.2. The number of hydrogen-bond donors (Lipinski definition) is 1. The number of hydrogen-bond acceptors (Lipinski definition) is 7. The number of aromatic nitrogens is 3. The van der Waals surface area contributed by atoms with E-state index in [2.05, 4.69) is 75.4 Å². The fraction of sp³-hybridized carbons (Fsp3) is 0.500. The van der Waals surface area contributed by atoms with Crippen LogP contribution in [0.15, 0.2) is 72.0 Å². The molecule has 0 aliphatic carbocycles. The lowest BCUT2D eigenvalue weighted by Crippen LogP contribution is -2.52. The zero-order valence-electron chi connectivity index (χ0n) is 29.8. The molecular weight excluding hydrogens is 621 g/mol. The lowest BCUT2D eigenvalue weighted by Gasteiger charge is -2.37. The van der Waals surface area contributed by atoms with Gasteiger partial charge in [0.2, 0.25) is 0 Å². The van der Waals surface area contributed by atoms with Crippen molar-refractivity contribution in [3.05, 3.63) is 83.2 Å². The maximum absolute atomic E-state index is 15.0. The number of carbonyl (C=O) groups excluding carboxylic acids is 1. The van der Waals surface area contributed by atoms with Crippen LogP contribution in [-0.2, 0) is 28.1 Å². The summed E-state index contributed by atoms with van der Waals surface area (Å²) in [5.74, 6) is 1.41. The number of rotatable bonds is 14. The number of fused-ring (bicyclic) bond motifs is 2. The van der Waals surface area contributed by atoms with Gasteiger partial charge < -0.3 is 24.2 Å². The number of methoxy groups -OCH3 is 2. The van der Waals surface area contributed by atoms with Gasteiger partial charge in [0, 0.05) is 43.8 Å². The summed E-state index contributed by atoms with van der Waals surface area (Å²) < 4.78 is 20.3. The summed E-state index contributed by atoms with van der Waals surface area (Å²) in [7, 11) is 1.06. The molecule has 1 N–H and O–H groups in total. The van der Waals surface area contributed by atoms with Crippen molar-refractivity contribution in [2.24, 2.45) is 5.92 Å². The number of aliphatic hydroxyl groups is 1. The van der Waals surface area contributed by atoms with E-state index >= 15 is 0 Å². The molecule has 258 valence electrons. The monoisotopic (exact) mass is 672 g/mol. The topological polar surface area (TPSA) is 98.9 Å². The van der Waals surface area contributed by atoms with Crippen molar-refractivity contribution < 1.29 is 24.1 Å². The van der Waals surface area contributed by atoms with Gasteiger partial charge >= 0.3 is 0 Å². The van der Waals surface area contributed by atoms with Gasteiger partial charge in [-0.15, -0.1) is 5.10 Å². The minimum atomic E-state index is -2.28. The number of ether oxygens (including phenoxy) is 3. The van der Waals surface area contributed by atoms with Crippen LogP contribution in [0.4, 0.5) is 5.69 Å². The maximum atomic E-state index is 15.0. The first-order chi connectivity index (χ1) is 23.0. The fourth-order valence-electron chi connectivity index (χ4n) is 7.74. The van der Waals surface area contributed by atoms with Crippen LogP contribution in [0.3, 0.4) is 0 Å². The van der Waals surface area contributed by atoms with E-state index in [0.29, 0.717) is 31.7 Å². The number of amides is 1. The van der Waals surface area contributed by atoms with Crippen LogP contribution in [0.5, 0.6) is 11.5 Å². The number of aliphatic hydroxyl groups excluding tert-OH is 1. The van der Waals surface area contributed by atoms with Gasteiger partial charge in [0.05, 0.1) is 39.8 Å². The summed E-state index contributed by atoms with van der Waals surface area (Å²) in [6.07, 6.45) is 9.19. The van der Waals surface area contributed by atoms with Gasteiger partial charge in [0.25, 0.3) is 5.91 Å². The predicted octanol–water partition coefficient (Wildman–Crippen LogP) is 6.18. The molecule has 0 saturated carbocycles. The number of anilines is 1. The normalized spacial score (nSPS) is 22.4. The predicted molar refractivity (Wildman–Crippen MR) is 193 cm³/mol. The SMILES string of the molecule is COc1ccc([Si](C)(C)[C@H]2[C@H](CCn3cc(CCO)nn3)O[C@@]3(C(=O)N(C/C=C(\C)CCC=C(C)C)c4ccc(OC)cc43)[C@@H]2C)cc1. The number of allylic oxidation sites excluding steroid dienone is 3. The van der Waals surface area contributed by atoms with E-state index in [0.717, 1.165) is 35.5 Å². The Morgan fingerprint density at radius 3 is 2.44 bits per heavy atom. The average molecular weight is 673 g/mol. The number of benzene rings is 2. The molecule has 3 aromatic rings. The molecule has 5 rings (SSSR count). The summed E-state index contributed by atoms with van der Waals surface area (Å²) in [6, 6.07) is 14.4. The van der Waals surface area contributed by atoms with Crippen molar-refractivity contribution in [1.29, 1.82) is 0 Å². The van der Waals surface area contributed by atoms with E-state index in [1.54, 1.807) is 14.2 Å². The van der Waals surface area contributed by atoms with Gasteiger partial charge in [-0.1, -0.05) is 65.8 Å². The molecule has 10 heteroatoms. The van der Waals surface area contributed by atoms with Gasteiger partial charge in [-0.25, -0.2) is 0 Å². The van der Waals surface area contributed by atoms with Crippen LogP contribution < -0.4 is 19.6 Å². The molecule has 48 heavy (non-hydrogen) atoms. The molecule has 9 nitrogen and oxygen atoms in total. The van der Waals surface area contributed by atoms with Crippen molar-refractivity contribution in [3.8, 4) is 11.5 Å². The maximum Gasteiger partial charge on any atom is 0.264 e. The van der Waals surface area contributed by atoms with Gasteiger partial charge in [0.15, 0.2) is 5.60 Å². The van der Waals surface area contributed by atoms with Crippen molar-refractivity contribution >= 4 is 24.9 Å². The smallest absolute Gasteiger partial charge is 0.264 e. The first-order valence-electron chi connectivity index (χ1n) is 17.1. The van der Waals surface area contributed by atoms with E-state index < -0.39 is 13.7 Å². The lowest BCUT2D eigenvalue weighted by molar-refractivity contribution is -0.145. The van der Waals surface area contributed by atoms with Crippen LogP contribution in [0.2, 0.25) is 18.6 Å². The Morgan fingerprint density at radius 2 is 1.77 bits per heavy atom. The van der Waals surface area contributed by atoms with Gasteiger partial charge in [-0.05, 0) is 75.9 Å². The van der Waals surface area contributed by atoms with Crippen LogP contribution >= 0.6 is 0 Å². The standard InChI is InChI=1S/C38H52N4O5Si/c1-26(2)10-9-11-27(3)18-22-42-34-17-14-31(46-6)24-33(34)38(37(42)44)28(4)36(48(7,8)32-15-12-30(45-5)13-16-32)35(47-38)19-21-41-25-29(20-23-43)39-40-41/h10,12-18,24-25,28,35-36,43H,9,11,19-23H2,1-8H3/b27-18+/t28-,35+,36-,38+/m1/s1. The second kappa shape index (κ2) is 14.8. The van der Waals surface area contributed by atoms with Crippen LogP contribution in [0, 0.1) is 5.92 Å². The quantitative estimate of drug-likeness (QED) is 0.161. The highest BCUT2D eigenvalue weighted by atomic mass is 28.3. The van der Waals surface area contributed by atoms with E-state index in [-0.39, 0.29) is 30.1 Å². The molecular formula is C38H52N4O5Si. The molecule has 2 aliphatic rings. The zero-order chi connectivity index (χ0) is 34.6. The van der Waals surface area contributed by atoms with E-state index in [9.17, 15) is 9.90 Å². The molecule has 0 radical (unpaired) electrons. The summed E-state index contributed by atoms with van der Waals surface area (Å²) in [4.78, 5) is 16.9. The molecule has 2 aliphatic heterocycles. The third-order valence-electron chi connectivity index (χ3n) is 10.4. The van der Waals surface area contributed by atoms with Gasteiger partial charge in [0.1, 0.15) is 11.5 Å². The van der Waals surface area contributed by atoms with Crippen molar-refractivity contribution in [2.45, 2.75) is 90.3 Å². The average Bonchev–Trinajstić information content (AvgIpc) is 3.71. The zero-order valence-corrected chi connectivity index (χ0v) is 30.8. The third kappa shape index (κ3) is 6.88. The minimum absolute atomic E-state index is 0.00961. The van der Waals surface area contributed by atoms with Crippen molar-refractivity contribution in [2.75, 3.05) is 32.3 Å².